The number of hydrogen-bond donors (Lipinski definition) is 2. The molecule has 3 N–H and O–H groups in total. The van der Waals surface area contributed by atoms with E-state index in [0.717, 1.165) is 50.0 Å². The average Bonchev–Trinajstić information content (AvgIpc) is 3.38. The highest BCUT2D eigenvalue weighted by molar-refractivity contribution is 5.52. The van der Waals surface area contributed by atoms with Crippen LogP contribution in [0, 0.1) is 0 Å². The number of imidazole rings is 1. The number of unbranched alkanes of at least 4 members (excludes halogenated alkanes) is 4. The Hall–Kier alpha value is -2.89. The first-order valence-electron chi connectivity index (χ1n) is 11.6. The van der Waals surface area contributed by atoms with Crippen molar-refractivity contribution in [1.82, 2.24) is 25.0 Å². The Bertz CT molecular complexity index is 935. The van der Waals surface area contributed by atoms with Gasteiger partial charge in [-0.25, -0.2) is 9.67 Å². The molecule has 166 valence electrons. The van der Waals surface area contributed by atoms with Crippen LogP contribution in [0.15, 0.2) is 42.2 Å². The molecule has 0 unspecified atom stereocenters. The number of allylic oxidation sites excluding steroid dienone is 1. The number of benzene rings is 1. The fourth-order valence-corrected chi connectivity index (χ4v) is 3.78. The third-order valence-corrected chi connectivity index (χ3v) is 5.49. The number of aryl methyl sites for hydroxylation is 3. The van der Waals surface area contributed by atoms with Crippen molar-refractivity contribution in [2.75, 3.05) is 5.73 Å². The zero-order valence-electron chi connectivity index (χ0n) is 19.0. The summed E-state index contributed by atoms with van der Waals surface area (Å²) < 4.78 is 1.94. The minimum absolute atomic E-state index is 0.496. The molecule has 0 aliphatic rings. The Morgan fingerprint density at radius 3 is 2.55 bits per heavy atom. The number of aromatic amines is 1. The molecule has 0 bridgehead atoms. The van der Waals surface area contributed by atoms with E-state index in [-0.39, 0.29) is 0 Å². The number of hydrogen-bond acceptors (Lipinski definition) is 4. The number of nitrogens with one attached hydrogen (secondary N) is 1. The summed E-state index contributed by atoms with van der Waals surface area (Å²) in [5.74, 6) is 0.496. The largest absolute Gasteiger partial charge is 0.369 e. The summed E-state index contributed by atoms with van der Waals surface area (Å²) in [4.78, 5) is 7.10. The Labute approximate surface area is 186 Å². The van der Waals surface area contributed by atoms with Crippen LogP contribution in [0.3, 0.4) is 0 Å². The van der Waals surface area contributed by atoms with Crippen molar-refractivity contribution in [3.05, 3.63) is 64.7 Å². The molecule has 0 saturated heterocycles. The van der Waals surface area contributed by atoms with Crippen LogP contribution in [-0.2, 0) is 25.8 Å². The lowest BCUT2D eigenvalue weighted by Crippen LogP contribution is -1.99. The molecule has 0 aliphatic heterocycles. The molecule has 0 radical (unpaired) electrons. The standard InChI is InChI=1S/C25H36N6/c1-3-4-6-9-21-12-14-22(15-13-21)16-20(2)18-31-19-24(29-30-31)11-8-5-7-10-23-17-27-25(26)28-23/h12-17,19H,3-11,18H2,1-2H3,(H3,26,27,28)/b20-16+. The number of anilines is 1. The Balaban J connectivity index is 1.39. The molecule has 31 heavy (non-hydrogen) atoms. The van der Waals surface area contributed by atoms with Crippen LogP contribution in [0.5, 0.6) is 0 Å². The SMILES string of the molecule is CCCCCc1ccc(/C=C(\C)Cn2cc(CCCCCc3cnc(N)[nH]3)nn2)cc1. The highest BCUT2D eigenvalue weighted by Gasteiger charge is 2.03. The molecule has 2 heterocycles. The number of nitrogen functional groups attached to an aromatic ring is 1. The molecule has 6 heteroatoms. The summed E-state index contributed by atoms with van der Waals surface area (Å²) in [6.45, 7) is 5.17. The summed E-state index contributed by atoms with van der Waals surface area (Å²) >= 11 is 0. The summed E-state index contributed by atoms with van der Waals surface area (Å²) in [7, 11) is 0. The van der Waals surface area contributed by atoms with E-state index in [1.807, 2.05) is 10.9 Å². The highest BCUT2D eigenvalue weighted by Crippen LogP contribution is 2.13. The summed E-state index contributed by atoms with van der Waals surface area (Å²) in [6, 6.07) is 8.94. The van der Waals surface area contributed by atoms with E-state index in [1.54, 1.807) is 0 Å². The summed E-state index contributed by atoms with van der Waals surface area (Å²) in [5, 5.41) is 8.64. The number of H-pyrrole nitrogens is 1. The van der Waals surface area contributed by atoms with E-state index in [0.29, 0.717) is 5.95 Å². The molecule has 0 atom stereocenters. The van der Waals surface area contributed by atoms with Crippen molar-refractivity contribution in [3.63, 3.8) is 0 Å². The Morgan fingerprint density at radius 2 is 1.81 bits per heavy atom. The Morgan fingerprint density at radius 1 is 1.03 bits per heavy atom. The first kappa shape index (κ1) is 22.8. The normalized spacial score (nSPS) is 11.9. The van der Waals surface area contributed by atoms with Gasteiger partial charge in [0.25, 0.3) is 0 Å². The second-order valence-corrected chi connectivity index (χ2v) is 8.45. The van der Waals surface area contributed by atoms with Crippen LogP contribution in [-0.4, -0.2) is 25.0 Å². The van der Waals surface area contributed by atoms with Crippen molar-refractivity contribution < 1.29 is 0 Å². The van der Waals surface area contributed by atoms with Gasteiger partial charge in [-0.3, -0.25) is 0 Å². The number of nitrogens with zero attached hydrogens (tertiary/aromatic N) is 4. The summed E-state index contributed by atoms with van der Waals surface area (Å²) in [6.07, 6.45) is 16.5. The maximum Gasteiger partial charge on any atom is 0.197 e. The van der Waals surface area contributed by atoms with Gasteiger partial charge in [0.15, 0.2) is 5.95 Å². The smallest absolute Gasteiger partial charge is 0.197 e. The zero-order chi connectivity index (χ0) is 21.9. The van der Waals surface area contributed by atoms with Crippen molar-refractivity contribution in [2.24, 2.45) is 0 Å². The lowest BCUT2D eigenvalue weighted by Gasteiger charge is -2.04. The van der Waals surface area contributed by atoms with Crippen LogP contribution < -0.4 is 5.73 Å². The van der Waals surface area contributed by atoms with E-state index in [1.165, 1.54) is 42.4 Å². The molecule has 0 spiro atoms. The van der Waals surface area contributed by atoms with Crippen molar-refractivity contribution >= 4 is 12.0 Å². The maximum absolute atomic E-state index is 5.60. The van der Waals surface area contributed by atoms with E-state index >= 15 is 0 Å². The third-order valence-electron chi connectivity index (χ3n) is 5.49. The maximum atomic E-state index is 5.60. The van der Waals surface area contributed by atoms with Crippen LogP contribution in [0.1, 0.15) is 74.9 Å². The molecule has 6 nitrogen and oxygen atoms in total. The van der Waals surface area contributed by atoms with E-state index in [4.69, 9.17) is 5.73 Å². The van der Waals surface area contributed by atoms with Crippen LogP contribution in [0.25, 0.3) is 6.08 Å². The molecule has 0 saturated carbocycles. The third kappa shape index (κ3) is 8.04. The molecule has 1 aromatic carbocycles. The monoisotopic (exact) mass is 420 g/mol. The van der Waals surface area contributed by atoms with Gasteiger partial charge in [0.1, 0.15) is 0 Å². The summed E-state index contributed by atoms with van der Waals surface area (Å²) in [5.41, 5.74) is 11.7. The van der Waals surface area contributed by atoms with Crippen LogP contribution >= 0.6 is 0 Å². The molecule has 0 amide bonds. The minimum atomic E-state index is 0.496. The first-order chi connectivity index (χ1) is 15.1. The highest BCUT2D eigenvalue weighted by atomic mass is 15.4. The zero-order valence-corrected chi connectivity index (χ0v) is 19.0. The fourth-order valence-electron chi connectivity index (χ4n) is 3.78. The number of rotatable bonds is 13. The second-order valence-electron chi connectivity index (χ2n) is 8.45. The molecular weight excluding hydrogens is 384 g/mol. The molecular formula is C25H36N6. The van der Waals surface area contributed by atoms with Gasteiger partial charge in [0.05, 0.1) is 18.4 Å². The van der Waals surface area contributed by atoms with Gasteiger partial charge in [-0.2, -0.15) is 0 Å². The molecule has 2 aromatic heterocycles. The quantitative estimate of drug-likeness (QED) is 0.364. The molecule has 0 fully saturated rings. The van der Waals surface area contributed by atoms with Gasteiger partial charge in [-0.1, -0.05) is 67.3 Å². The predicted molar refractivity (Wildman–Crippen MR) is 128 cm³/mol. The second kappa shape index (κ2) is 12.1. The topological polar surface area (TPSA) is 85.4 Å². The van der Waals surface area contributed by atoms with Gasteiger partial charge in [-0.15, -0.1) is 5.10 Å². The predicted octanol–water partition coefficient (Wildman–Crippen LogP) is 5.38. The molecule has 0 aliphatic carbocycles. The first-order valence-corrected chi connectivity index (χ1v) is 11.6. The van der Waals surface area contributed by atoms with E-state index in [2.05, 4.69) is 70.7 Å². The lowest BCUT2D eigenvalue weighted by atomic mass is 10.0. The number of nitrogens with two attached hydrogens (primary N) is 1. The lowest BCUT2D eigenvalue weighted by molar-refractivity contribution is 0.642. The van der Waals surface area contributed by atoms with Crippen molar-refractivity contribution in [1.29, 1.82) is 0 Å². The van der Waals surface area contributed by atoms with E-state index < -0.39 is 0 Å². The van der Waals surface area contributed by atoms with Crippen LogP contribution in [0.2, 0.25) is 0 Å². The Kier molecular flexibility index (Phi) is 8.88. The van der Waals surface area contributed by atoms with Gasteiger partial charge >= 0.3 is 0 Å². The van der Waals surface area contributed by atoms with Gasteiger partial charge in [0, 0.05) is 11.9 Å². The molecule has 3 rings (SSSR count). The van der Waals surface area contributed by atoms with Gasteiger partial charge in [-0.05, 0) is 56.6 Å². The molecule has 3 aromatic rings. The van der Waals surface area contributed by atoms with Crippen molar-refractivity contribution in [2.45, 2.75) is 78.2 Å². The van der Waals surface area contributed by atoms with Crippen molar-refractivity contribution in [3.8, 4) is 0 Å². The van der Waals surface area contributed by atoms with Crippen LogP contribution in [0.4, 0.5) is 5.95 Å². The average molecular weight is 421 g/mol. The fraction of sp³-hybridized carbons (Fsp3) is 0.480. The van der Waals surface area contributed by atoms with E-state index in [9.17, 15) is 0 Å². The van der Waals surface area contributed by atoms with Gasteiger partial charge in [0.2, 0.25) is 0 Å². The number of aromatic nitrogens is 5. The van der Waals surface area contributed by atoms with Gasteiger partial charge < -0.3 is 10.7 Å². The minimum Gasteiger partial charge on any atom is -0.369 e.